The van der Waals surface area contributed by atoms with Crippen molar-refractivity contribution in [1.82, 2.24) is 9.80 Å². The molecule has 0 radical (unpaired) electrons. The molecule has 1 aromatic carbocycles. The third-order valence-electron chi connectivity index (χ3n) is 4.34. The van der Waals surface area contributed by atoms with Gasteiger partial charge in [-0.15, -0.1) is 0 Å². The number of hydrogen-bond acceptors (Lipinski definition) is 4. The molecule has 132 valence electrons. The minimum Gasteiger partial charge on any atom is -0.497 e. The van der Waals surface area contributed by atoms with Crippen LogP contribution in [-0.2, 0) is 16.0 Å². The largest absolute Gasteiger partial charge is 0.497 e. The highest BCUT2D eigenvalue weighted by atomic mass is 16.5. The minimum atomic E-state index is 0.0595. The van der Waals surface area contributed by atoms with E-state index in [-0.39, 0.29) is 18.2 Å². The predicted molar refractivity (Wildman–Crippen MR) is 91.3 cm³/mol. The lowest BCUT2D eigenvalue weighted by Crippen LogP contribution is -2.37. The zero-order valence-corrected chi connectivity index (χ0v) is 14.7. The molecule has 0 aliphatic carbocycles. The van der Waals surface area contributed by atoms with Gasteiger partial charge in [-0.05, 0) is 12.5 Å². The molecule has 24 heavy (non-hydrogen) atoms. The SMILES string of the molecule is CCC(=O)N1CCCN(C(=O)Cc2ccc(OC)cc2OC)CC1. The molecular formula is C18H26N2O4. The molecular weight excluding hydrogens is 308 g/mol. The van der Waals surface area contributed by atoms with Crippen molar-refractivity contribution in [2.45, 2.75) is 26.2 Å². The average molecular weight is 334 g/mol. The van der Waals surface area contributed by atoms with Gasteiger partial charge in [0.15, 0.2) is 0 Å². The number of carbonyl (C=O) groups is 2. The van der Waals surface area contributed by atoms with Gasteiger partial charge in [0.1, 0.15) is 11.5 Å². The molecule has 0 atom stereocenters. The van der Waals surface area contributed by atoms with Crippen LogP contribution in [0.25, 0.3) is 0 Å². The first-order chi connectivity index (χ1) is 11.6. The van der Waals surface area contributed by atoms with Crippen LogP contribution in [0.2, 0.25) is 0 Å². The van der Waals surface area contributed by atoms with E-state index in [1.807, 2.05) is 28.9 Å². The van der Waals surface area contributed by atoms with Gasteiger partial charge in [-0.2, -0.15) is 0 Å². The summed E-state index contributed by atoms with van der Waals surface area (Å²) >= 11 is 0. The van der Waals surface area contributed by atoms with E-state index in [1.54, 1.807) is 20.3 Å². The zero-order valence-electron chi connectivity index (χ0n) is 14.7. The Labute approximate surface area is 143 Å². The molecule has 0 bridgehead atoms. The molecule has 1 aromatic rings. The third-order valence-corrected chi connectivity index (χ3v) is 4.34. The first-order valence-electron chi connectivity index (χ1n) is 8.35. The van der Waals surface area contributed by atoms with Gasteiger partial charge in [0.2, 0.25) is 11.8 Å². The number of ether oxygens (including phenoxy) is 2. The number of carbonyl (C=O) groups excluding carboxylic acids is 2. The van der Waals surface area contributed by atoms with Gasteiger partial charge in [0.25, 0.3) is 0 Å². The quantitative estimate of drug-likeness (QED) is 0.823. The number of hydrogen-bond donors (Lipinski definition) is 0. The Hall–Kier alpha value is -2.24. The monoisotopic (exact) mass is 334 g/mol. The number of methoxy groups -OCH3 is 2. The Kier molecular flexibility index (Phi) is 6.46. The minimum absolute atomic E-state index is 0.0595. The Morgan fingerprint density at radius 3 is 2.25 bits per heavy atom. The zero-order chi connectivity index (χ0) is 17.5. The Bertz CT molecular complexity index is 588. The maximum absolute atomic E-state index is 12.6. The predicted octanol–water partition coefficient (Wildman–Crippen LogP) is 1.72. The van der Waals surface area contributed by atoms with Crippen LogP contribution in [0.3, 0.4) is 0 Å². The summed E-state index contributed by atoms with van der Waals surface area (Å²) in [7, 11) is 3.18. The molecule has 1 fully saturated rings. The van der Waals surface area contributed by atoms with E-state index >= 15 is 0 Å². The van der Waals surface area contributed by atoms with Gasteiger partial charge in [-0.1, -0.05) is 13.0 Å². The average Bonchev–Trinajstić information content (AvgIpc) is 2.87. The number of nitrogens with zero attached hydrogens (tertiary/aromatic N) is 2. The normalized spacial score (nSPS) is 15.0. The maximum Gasteiger partial charge on any atom is 0.227 e. The van der Waals surface area contributed by atoms with Crippen molar-refractivity contribution < 1.29 is 19.1 Å². The molecule has 1 saturated heterocycles. The van der Waals surface area contributed by atoms with Gasteiger partial charge in [-0.3, -0.25) is 9.59 Å². The van der Waals surface area contributed by atoms with Crippen LogP contribution >= 0.6 is 0 Å². The van der Waals surface area contributed by atoms with E-state index in [4.69, 9.17) is 9.47 Å². The van der Waals surface area contributed by atoms with E-state index in [0.717, 1.165) is 18.5 Å². The van der Waals surface area contributed by atoms with Crippen molar-refractivity contribution in [2.24, 2.45) is 0 Å². The van der Waals surface area contributed by atoms with E-state index in [2.05, 4.69) is 0 Å². The fourth-order valence-electron chi connectivity index (χ4n) is 2.91. The lowest BCUT2D eigenvalue weighted by molar-refractivity contribution is -0.133. The standard InChI is InChI=1S/C18H26N2O4/c1-4-17(21)19-8-5-9-20(11-10-19)18(22)12-14-6-7-15(23-2)13-16(14)24-3/h6-7,13H,4-5,8-12H2,1-3H3. The summed E-state index contributed by atoms with van der Waals surface area (Å²) < 4.78 is 10.5. The number of rotatable bonds is 5. The molecule has 1 aliphatic heterocycles. The summed E-state index contributed by atoms with van der Waals surface area (Å²) in [4.78, 5) is 28.1. The summed E-state index contributed by atoms with van der Waals surface area (Å²) in [6.45, 7) is 4.47. The van der Waals surface area contributed by atoms with Gasteiger partial charge in [0, 0.05) is 44.2 Å². The van der Waals surface area contributed by atoms with Crippen molar-refractivity contribution in [1.29, 1.82) is 0 Å². The maximum atomic E-state index is 12.6. The van der Waals surface area contributed by atoms with E-state index in [1.165, 1.54) is 0 Å². The molecule has 0 N–H and O–H groups in total. The van der Waals surface area contributed by atoms with E-state index in [0.29, 0.717) is 37.6 Å². The van der Waals surface area contributed by atoms with E-state index in [9.17, 15) is 9.59 Å². The van der Waals surface area contributed by atoms with Crippen molar-refractivity contribution in [3.8, 4) is 11.5 Å². The van der Waals surface area contributed by atoms with Crippen LogP contribution in [0, 0.1) is 0 Å². The van der Waals surface area contributed by atoms with Crippen molar-refractivity contribution >= 4 is 11.8 Å². The summed E-state index contributed by atoms with van der Waals surface area (Å²) in [6, 6.07) is 5.47. The highest BCUT2D eigenvalue weighted by Gasteiger charge is 2.22. The van der Waals surface area contributed by atoms with Gasteiger partial charge < -0.3 is 19.3 Å². The molecule has 0 unspecified atom stereocenters. The smallest absolute Gasteiger partial charge is 0.227 e. The lowest BCUT2D eigenvalue weighted by Gasteiger charge is -2.22. The van der Waals surface area contributed by atoms with Crippen molar-refractivity contribution in [3.63, 3.8) is 0 Å². The topological polar surface area (TPSA) is 59.1 Å². The second-order valence-corrected chi connectivity index (χ2v) is 5.82. The Balaban J connectivity index is 2.01. The van der Waals surface area contributed by atoms with E-state index < -0.39 is 0 Å². The van der Waals surface area contributed by atoms with Crippen molar-refractivity contribution in [3.05, 3.63) is 23.8 Å². The molecule has 1 aliphatic rings. The summed E-state index contributed by atoms with van der Waals surface area (Å²) in [5.74, 6) is 1.57. The molecule has 0 saturated carbocycles. The highest BCUT2D eigenvalue weighted by Crippen LogP contribution is 2.25. The fraction of sp³-hybridized carbons (Fsp3) is 0.556. The molecule has 2 rings (SSSR count). The van der Waals surface area contributed by atoms with Crippen LogP contribution < -0.4 is 9.47 Å². The van der Waals surface area contributed by atoms with Crippen LogP contribution in [0.15, 0.2) is 18.2 Å². The van der Waals surface area contributed by atoms with Crippen LogP contribution in [0.4, 0.5) is 0 Å². The number of benzene rings is 1. The molecule has 1 heterocycles. The first kappa shape index (κ1) is 18.1. The molecule has 2 amide bonds. The Morgan fingerprint density at radius 2 is 1.67 bits per heavy atom. The van der Waals surface area contributed by atoms with Gasteiger partial charge >= 0.3 is 0 Å². The summed E-state index contributed by atoms with van der Waals surface area (Å²) in [5, 5.41) is 0. The first-order valence-corrected chi connectivity index (χ1v) is 8.35. The molecule has 0 aromatic heterocycles. The third kappa shape index (κ3) is 4.40. The van der Waals surface area contributed by atoms with Gasteiger partial charge in [-0.25, -0.2) is 0 Å². The van der Waals surface area contributed by atoms with Crippen LogP contribution in [0.5, 0.6) is 11.5 Å². The van der Waals surface area contributed by atoms with Crippen molar-refractivity contribution in [2.75, 3.05) is 40.4 Å². The highest BCUT2D eigenvalue weighted by molar-refractivity contribution is 5.80. The Morgan fingerprint density at radius 1 is 1.00 bits per heavy atom. The molecule has 6 nitrogen and oxygen atoms in total. The van der Waals surface area contributed by atoms with Crippen LogP contribution in [0.1, 0.15) is 25.3 Å². The summed E-state index contributed by atoms with van der Waals surface area (Å²) in [6.07, 6.45) is 1.61. The lowest BCUT2D eigenvalue weighted by atomic mass is 10.1. The second-order valence-electron chi connectivity index (χ2n) is 5.82. The van der Waals surface area contributed by atoms with Gasteiger partial charge in [0.05, 0.1) is 20.6 Å². The molecule has 0 spiro atoms. The molecule has 6 heteroatoms. The number of amides is 2. The second kappa shape index (κ2) is 8.57. The fourth-order valence-corrected chi connectivity index (χ4v) is 2.91. The summed E-state index contributed by atoms with van der Waals surface area (Å²) in [5.41, 5.74) is 0.842. The van der Waals surface area contributed by atoms with Crippen LogP contribution in [-0.4, -0.2) is 62.0 Å².